The third-order valence-corrected chi connectivity index (χ3v) is 7.26. The van der Waals surface area contributed by atoms with Crippen molar-refractivity contribution in [2.45, 2.75) is 52.2 Å². The average molecular weight is 466 g/mol. The van der Waals surface area contributed by atoms with E-state index >= 15 is 0 Å². The zero-order valence-corrected chi connectivity index (χ0v) is 21.0. The highest BCUT2D eigenvalue weighted by molar-refractivity contribution is 5.27. The maximum atomic E-state index is 13.5. The van der Waals surface area contributed by atoms with Crippen LogP contribution in [0.2, 0.25) is 0 Å². The lowest BCUT2D eigenvalue weighted by Crippen LogP contribution is -2.47. The van der Waals surface area contributed by atoms with E-state index in [2.05, 4.69) is 54.7 Å². The molecule has 4 nitrogen and oxygen atoms in total. The maximum Gasteiger partial charge on any atom is 0.123 e. The maximum absolute atomic E-state index is 13.5. The Bertz CT molecular complexity index is 927. The van der Waals surface area contributed by atoms with Crippen LogP contribution in [0.15, 0.2) is 60.9 Å². The van der Waals surface area contributed by atoms with Gasteiger partial charge in [0.25, 0.3) is 0 Å². The molecule has 2 aromatic rings. The van der Waals surface area contributed by atoms with Crippen molar-refractivity contribution in [3.8, 4) is 5.75 Å². The van der Waals surface area contributed by atoms with Crippen molar-refractivity contribution in [3.05, 3.63) is 77.9 Å². The molecule has 0 radical (unpaired) electrons. The normalized spacial score (nSPS) is 22.4. The smallest absolute Gasteiger partial charge is 0.123 e. The SMILES string of the molecule is C=C(NCc1ccc(OCC(C)C)cc1)N(Cc1ccc(F)cc1)C1CCCC2CN(C)CC21. The van der Waals surface area contributed by atoms with E-state index in [0.717, 1.165) is 42.7 Å². The van der Waals surface area contributed by atoms with E-state index in [-0.39, 0.29) is 5.82 Å². The predicted octanol–water partition coefficient (Wildman–Crippen LogP) is 5.65. The number of rotatable bonds is 10. The second-order valence-corrected chi connectivity index (χ2v) is 10.5. The van der Waals surface area contributed by atoms with Gasteiger partial charge in [-0.3, -0.25) is 0 Å². The molecule has 1 aliphatic heterocycles. The van der Waals surface area contributed by atoms with Gasteiger partial charge in [-0.25, -0.2) is 4.39 Å². The molecule has 1 saturated heterocycles. The summed E-state index contributed by atoms with van der Waals surface area (Å²) in [5.74, 6) is 3.58. The zero-order chi connectivity index (χ0) is 24.1. The Kier molecular flexibility index (Phi) is 8.15. The van der Waals surface area contributed by atoms with Crippen LogP contribution in [0.5, 0.6) is 5.75 Å². The van der Waals surface area contributed by atoms with Crippen LogP contribution in [0.25, 0.3) is 0 Å². The zero-order valence-electron chi connectivity index (χ0n) is 21.0. The molecule has 1 N–H and O–H groups in total. The molecule has 2 aromatic carbocycles. The molecule has 2 fully saturated rings. The third kappa shape index (κ3) is 6.32. The van der Waals surface area contributed by atoms with Crippen LogP contribution in [0.1, 0.15) is 44.2 Å². The molecule has 0 spiro atoms. The van der Waals surface area contributed by atoms with Crippen LogP contribution in [-0.4, -0.2) is 42.6 Å². The fourth-order valence-electron chi connectivity index (χ4n) is 5.52. The molecule has 1 aliphatic carbocycles. The molecule has 3 unspecified atom stereocenters. The van der Waals surface area contributed by atoms with Crippen LogP contribution in [0.3, 0.4) is 0 Å². The Labute approximate surface area is 204 Å². The Morgan fingerprint density at radius 1 is 1.09 bits per heavy atom. The van der Waals surface area contributed by atoms with Crippen LogP contribution >= 0.6 is 0 Å². The quantitative estimate of drug-likeness (QED) is 0.490. The van der Waals surface area contributed by atoms with Crippen molar-refractivity contribution in [1.82, 2.24) is 15.1 Å². The fraction of sp³-hybridized carbons (Fsp3) is 0.517. The van der Waals surface area contributed by atoms with E-state index in [0.29, 0.717) is 24.4 Å². The van der Waals surface area contributed by atoms with E-state index in [1.807, 2.05) is 24.3 Å². The van der Waals surface area contributed by atoms with Crippen LogP contribution < -0.4 is 10.1 Å². The number of benzene rings is 2. The van der Waals surface area contributed by atoms with Gasteiger partial charge in [0.2, 0.25) is 0 Å². The summed E-state index contributed by atoms with van der Waals surface area (Å²) in [6.07, 6.45) is 3.75. The molecule has 0 bridgehead atoms. The number of nitrogens with one attached hydrogen (secondary N) is 1. The summed E-state index contributed by atoms with van der Waals surface area (Å²) in [7, 11) is 2.24. The Morgan fingerprint density at radius 2 is 1.79 bits per heavy atom. The highest BCUT2D eigenvalue weighted by atomic mass is 19.1. The first kappa shape index (κ1) is 24.6. The van der Waals surface area contributed by atoms with Crippen LogP contribution in [-0.2, 0) is 13.1 Å². The van der Waals surface area contributed by atoms with Crippen LogP contribution in [0, 0.1) is 23.6 Å². The standard InChI is InChI=1S/C29H40FN3O/c1-21(2)20-34-27-14-10-23(11-15-27)16-31-22(3)33(17-24-8-12-26(30)13-9-24)29-7-5-6-25-18-32(4)19-28(25)29/h8-15,21,25,28-29,31H,3,5-7,16-20H2,1-2,4H3. The van der Waals surface area contributed by atoms with Gasteiger partial charge in [0.05, 0.1) is 12.4 Å². The molecule has 5 heteroatoms. The highest BCUT2D eigenvalue weighted by Crippen LogP contribution is 2.39. The van der Waals surface area contributed by atoms with Crippen molar-refractivity contribution >= 4 is 0 Å². The second-order valence-electron chi connectivity index (χ2n) is 10.5. The van der Waals surface area contributed by atoms with Gasteiger partial charge >= 0.3 is 0 Å². The van der Waals surface area contributed by atoms with E-state index < -0.39 is 0 Å². The van der Waals surface area contributed by atoms with Gasteiger partial charge in [-0.05, 0) is 73.0 Å². The predicted molar refractivity (Wildman–Crippen MR) is 137 cm³/mol. The second kappa shape index (κ2) is 11.3. The lowest BCUT2D eigenvalue weighted by molar-refractivity contribution is 0.105. The molecule has 3 atom stereocenters. The minimum Gasteiger partial charge on any atom is -0.493 e. The third-order valence-electron chi connectivity index (χ3n) is 7.26. The number of fused-ring (bicyclic) bond motifs is 1. The number of likely N-dealkylation sites (tertiary alicyclic amines) is 1. The van der Waals surface area contributed by atoms with E-state index in [1.165, 1.54) is 31.4 Å². The summed E-state index contributed by atoms with van der Waals surface area (Å²) in [5, 5.41) is 3.59. The van der Waals surface area contributed by atoms with E-state index in [9.17, 15) is 4.39 Å². The molecule has 0 aromatic heterocycles. The van der Waals surface area contributed by atoms with Gasteiger partial charge in [0.15, 0.2) is 0 Å². The van der Waals surface area contributed by atoms with Crippen molar-refractivity contribution in [2.75, 3.05) is 26.7 Å². The summed E-state index contributed by atoms with van der Waals surface area (Å²) in [5.41, 5.74) is 2.31. The number of hydrogen-bond donors (Lipinski definition) is 1. The summed E-state index contributed by atoms with van der Waals surface area (Å²) in [6, 6.07) is 15.7. The van der Waals surface area contributed by atoms with Gasteiger partial charge in [-0.1, -0.05) is 51.1 Å². The topological polar surface area (TPSA) is 27.7 Å². The molecular weight excluding hydrogens is 425 g/mol. The van der Waals surface area contributed by atoms with Crippen molar-refractivity contribution < 1.29 is 9.13 Å². The van der Waals surface area contributed by atoms with E-state index in [4.69, 9.17) is 4.74 Å². The summed E-state index contributed by atoms with van der Waals surface area (Å²) < 4.78 is 19.3. The Balaban J connectivity index is 1.44. The molecule has 1 saturated carbocycles. The molecular formula is C29H40FN3O. The van der Waals surface area contributed by atoms with Crippen molar-refractivity contribution in [2.24, 2.45) is 17.8 Å². The molecule has 4 rings (SSSR count). The minimum absolute atomic E-state index is 0.191. The number of nitrogens with zero attached hydrogens (tertiary/aromatic N) is 2. The first-order valence-corrected chi connectivity index (χ1v) is 12.7. The molecule has 0 amide bonds. The van der Waals surface area contributed by atoms with Gasteiger partial charge in [0.1, 0.15) is 11.6 Å². The number of hydrogen-bond acceptors (Lipinski definition) is 4. The molecule has 2 aliphatic rings. The first-order valence-electron chi connectivity index (χ1n) is 12.7. The lowest BCUT2D eigenvalue weighted by atomic mass is 9.77. The monoisotopic (exact) mass is 465 g/mol. The Morgan fingerprint density at radius 3 is 2.50 bits per heavy atom. The summed E-state index contributed by atoms with van der Waals surface area (Å²) in [4.78, 5) is 4.92. The van der Waals surface area contributed by atoms with E-state index in [1.54, 1.807) is 12.1 Å². The van der Waals surface area contributed by atoms with Crippen LogP contribution in [0.4, 0.5) is 4.39 Å². The van der Waals surface area contributed by atoms with Gasteiger partial charge in [-0.2, -0.15) is 0 Å². The van der Waals surface area contributed by atoms with Crippen molar-refractivity contribution in [1.29, 1.82) is 0 Å². The van der Waals surface area contributed by atoms with Gasteiger partial charge in [-0.15, -0.1) is 0 Å². The molecule has 34 heavy (non-hydrogen) atoms. The molecule has 184 valence electrons. The average Bonchev–Trinajstić information content (AvgIpc) is 3.22. The Hall–Kier alpha value is -2.53. The lowest BCUT2D eigenvalue weighted by Gasteiger charge is -2.43. The first-order chi connectivity index (χ1) is 16.4. The fourth-order valence-corrected chi connectivity index (χ4v) is 5.52. The largest absolute Gasteiger partial charge is 0.493 e. The molecule has 1 heterocycles. The van der Waals surface area contributed by atoms with Crippen molar-refractivity contribution in [3.63, 3.8) is 0 Å². The summed E-state index contributed by atoms with van der Waals surface area (Å²) in [6.45, 7) is 13.3. The number of ether oxygens (including phenoxy) is 1. The summed E-state index contributed by atoms with van der Waals surface area (Å²) >= 11 is 0. The number of halogens is 1. The highest BCUT2D eigenvalue weighted by Gasteiger charge is 2.41. The van der Waals surface area contributed by atoms with Gasteiger partial charge < -0.3 is 19.9 Å². The van der Waals surface area contributed by atoms with Gasteiger partial charge in [0, 0.05) is 32.2 Å². The minimum atomic E-state index is -0.191.